The van der Waals surface area contributed by atoms with E-state index >= 15 is 0 Å². The molecular weight excluding hydrogens is 264 g/mol. The molecule has 0 aliphatic carbocycles. The van der Waals surface area contributed by atoms with E-state index in [4.69, 9.17) is 5.11 Å². The fourth-order valence-corrected chi connectivity index (χ4v) is 2.61. The van der Waals surface area contributed by atoms with Gasteiger partial charge in [0, 0.05) is 0 Å². The van der Waals surface area contributed by atoms with E-state index in [0.29, 0.717) is 10.7 Å². The molecule has 6 nitrogen and oxygen atoms in total. The smallest absolute Gasteiger partial charge is 0.313 e. The van der Waals surface area contributed by atoms with Gasteiger partial charge in [-0.3, -0.25) is 9.20 Å². The predicted octanol–water partition coefficient (Wildman–Crippen LogP) is 1.76. The van der Waals surface area contributed by atoms with Gasteiger partial charge in [-0.15, -0.1) is 10.2 Å². The lowest BCUT2D eigenvalue weighted by Gasteiger charge is -2.06. The number of hydrogen-bond donors (Lipinski definition) is 1. The highest BCUT2D eigenvalue weighted by atomic mass is 32.2. The SMILES string of the molecule is Cc1nnc2c(SCC(=O)O)nc3ccccc3n12. The van der Waals surface area contributed by atoms with Crippen LogP contribution in [-0.2, 0) is 4.79 Å². The maximum absolute atomic E-state index is 10.7. The molecule has 3 rings (SSSR count). The van der Waals surface area contributed by atoms with E-state index < -0.39 is 5.97 Å². The van der Waals surface area contributed by atoms with Crippen molar-refractivity contribution in [3.05, 3.63) is 30.1 Å². The van der Waals surface area contributed by atoms with Crippen molar-refractivity contribution in [1.82, 2.24) is 19.6 Å². The van der Waals surface area contributed by atoms with Gasteiger partial charge in [-0.05, 0) is 19.1 Å². The minimum absolute atomic E-state index is 0.0487. The number of carbonyl (C=O) groups is 1. The summed E-state index contributed by atoms with van der Waals surface area (Å²) < 4.78 is 1.90. The zero-order valence-corrected chi connectivity index (χ0v) is 10.9. The number of fused-ring (bicyclic) bond motifs is 3. The lowest BCUT2D eigenvalue weighted by Crippen LogP contribution is -2.01. The van der Waals surface area contributed by atoms with Crippen molar-refractivity contribution in [3.63, 3.8) is 0 Å². The summed E-state index contributed by atoms with van der Waals surface area (Å²) in [6, 6.07) is 7.65. The summed E-state index contributed by atoms with van der Waals surface area (Å²) in [7, 11) is 0. The van der Waals surface area contributed by atoms with Crippen LogP contribution in [0.2, 0.25) is 0 Å². The number of carboxylic acids is 1. The van der Waals surface area contributed by atoms with E-state index in [1.165, 1.54) is 0 Å². The molecule has 0 saturated carbocycles. The zero-order chi connectivity index (χ0) is 13.4. The molecule has 2 heterocycles. The number of thioether (sulfide) groups is 1. The van der Waals surface area contributed by atoms with Crippen LogP contribution >= 0.6 is 11.8 Å². The van der Waals surface area contributed by atoms with Gasteiger partial charge in [-0.1, -0.05) is 23.9 Å². The molecule has 7 heteroatoms. The third kappa shape index (κ3) is 2.01. The highest BCUT2D eigenvalue weighted by Gasteiger charge is 2.13. The van der Waals surface area contributed by atoms with Crippen molar-refractivity contribution in [2.75, 3.05) is 5.75 Å². The van der Waals surface area contributed by atoms with Gasteiger partial charge in [0.05, 0.1) is 16.8 Å². The van der Waals surface area contributed by atoms with E-state index in [2.05, 4.69) is 15.2 Å². The third-order valence-corrected chi connectivity index (χ3v) is 3.63. The molecule has 0 aliphatic heterocycles. The fraction of sp³-hybridized carbons (Fsp3) is 0.167. The number of rotatable bonds is 3. The molecule has 1 N–H and O–H groups in total. The second-order valence-corrected chi connectivity index (χ2v) is 4.96. The van der Waals surface area contributed by atoms with Gasteiger partial charge in [0.2, 0.25) is 0 Å². The van der Waals surface area contributed by atoms with Crippen LogP contribution in [0.25, 0.3) is 16.7 Å². The van der Waals surface area contributed by atoms with E-state index in [-0.39, 0.29) is 5.75 Å². The van der Waals surface area contributed by atoms with Gasteiger partial charge in [-0.25, -0.2) is 4.98 Å². The van der Waals surface area contributed by atoms with Crippen LogP contribution in [0.15, 0.2) is 29.3 Å². The topological polar surface area (TPSA) is 80.4 Å². The number of benzene rings is 1. The Balaban J connectivity index is 2.27. The molecule has 0 radical (unpaired) electrons. The van der Waals surface area contributed by atoms with Crippen LogP contribution in [0.3, 0.4) is 0 Å². The Morgan fingerprint density at radius 2 is 2.16 bits per heavy atom. The van der Waals surface area contributed by atoms with Crippen molar-refractivity contribution >= 4 is 34.4 Å². The quantitative estimate of drug-likeness (QED) is 0.733. The summed E-state index contributed by atoms with van der Waals surface area (Å²) in [4.78, 5) is 15.2. The first-order chi connectivity index (χ1) is 9.16. The molecular formula is C12H10N4O2S. The molecule has 0 atom stereocenters. The molecule has 0 bridgehead atoms. The van der Waals surface area contributed by atoms with Gasteiger partial charge in [0.1, 0.15) is 10.9 Å². The number of aryl methyl sites for hydroxylation is 1. The van der Waals surface area contributed by atoms with Crippen molar-refractivity contribution < 1.29 is 9.90 Å². The van der Waals surface area contributed by atoms with Crippen LogP contribution in [0, 0.1) is 6.92 Å². The Kier molecular flexibility index (Phi) is 2.83. The largest absolute Gasteiger partial charge is 0.481 e. The third-order valence-electron chi connectivity index (χ3n) is 2.69. The molecule has 0 unspecified atom stereocenters. The number of aliphatic carboxylic acids is 1. The summed E-state index contributed by atoms with van der Waals surface area (Å²) in [6.07, 6.45) is 0. The van der Waals surface area contributed by atoms with E-state index in [9.17, 15) is 4.79 Å². The van der Waals surface area contributed by atoms with E-state index in [1.54, 1.807) is 0 Å². The first-order valence-corrected chi connectivity index (χ1v) is 6.60. The Labute approximate surface area is 112 Å². The number of carboxylic acid groups (broad SMARTS) is 1. The molecule has 1 aromatic carbocycles. The van der Waals surface area contributed by atoms with Crippen molar-refractivity contribution in [2.45, 2.75) is 11.9 Å². The Morgan fingerprint density at radius 1 is 1.37 bits per heavy atom. The standard InChI is InChI=1S/C12H10N4O2S/c1-7-14-15-11-12(19-6-10(17)18)13-8-4-2-3-5-9(8)16(7)11/h2-5H,6H2,1H3,(H,17,18). The van der Waals surface area contributed by atoms with E-state index in [1.807, 2.05) is 35.6 Å². The van der Waals surface area contributed by atoms with Crippen LogP contribution in [0.1, 0.15) is 5.82 Å². The summed E-state index contributed by atoms with van der Waals surface area (Å²) in [6.45, 7) is 1.86. The second-order valence-electron chi connectivity index (χ2n) is 3.99. The normalized spacial score (nSPS) is 11.2. The van der Waals surface area contributed by atoms with Crippen LogP contribution in [0.4, 0.5) is 0 Å². The molecule has 3 aromatic rings. The van der Waals surface area contributed by atoms with Gasteiger partial charge >= 0.3 is 5.97 Å². The Bertz CT molecular complexity index is 784. The minimum Gasteiger partial charge on any atom is -0.481 e. The van der Waals surface area contributed by atoms with Crippen molar-refractivity contribution in [2.24, 2.45) is 0 Å². The number of aromatic nitrogens is 4. The molecule has 0 amide bonds. The minimum atomic E-state index is -0.880. The molecule has 2 aromatic heterocycles. The Morgan fingerprint density at radius 3 is 2.95 bits per heavy atom. The molecule has 0 saturated heterocycles. The van der Waals surface area contributed by atoms with E-state index in [0.717, 1.165) is 28.6 Å². The first-order valence-electron chi connectivity index (χ1n) is 5.62. The molecule has 0 spiro atoms. The Hall–Kier alpha value is -2.15. The monoisotopic (exact) mass is 274 g/mol. The van der Waals surface area contributed by atoms with Crippen LogP contribution in [0.5, 0.6) is 0 Å². The summed E-state index contributed by atoms with van der Waals surface area (Å²) >= 11 is 1.15. The molecule has 96 valence electrons. The van der Waals surface area contributed by atoms with Gasteiger partial charge in [0.15, 0.2) is 5.65 Å². The summed E-state index contributed by atoms with van der Waals surface area (Å²) in [5.41, 5.74) is 2.31. The van der Waals surface area contributed by atoms with Gasteiger partial charge in [0.25, 0.3) is 0 Å². The predicted molar refractivity (Wildman–Crippen MR) is 71.4 cm³/mol. The molecule has 0 fully saturated rings. The van der Waals surface area contributed by atoms with Crippen molar-refractivity contribution in [3.8, 4) is 0 Å². The van der Waals surface area contributed by atoms with Gasteiger partial charge in [-0.2, -0.15) is 0 Å². The summed E-state index contributed by atoms with van der Waals surface area (Å²) in [5, 5.41) is 17.5. The average Bonchev–Trinajstić information content (AvgIpc) is 2.79. The second kappa shape index (κ2) is 4.51. The highest BCUT2D eigenvalue weighted by Crippen LogP contribution is 2.25. The lowest BCUT2D eigenvalue weighted by molar-refractivity contribution is -0.133. The number of nitrogens with zero attached hydrogens (tertiary/aromatic N) is 4. The zero-order valence-electron chi connectivity index (χ0n) is 10.1. The molecule has 0 aliphatic rings. The first kappa shape index (κ1) is 11.9. The molecule has 19 heavy (non-hydrogen) atoms. The summed E-state index contributed by atoms with van der Waals surface area (Å²) in [5.74, 6) is -0.174. The highest BCUT2D eigenvalue weighted by molar-refractivity contribution is 8.00. The average molecular weight is 274 g/mol. The van der Waals surface area contributed by atoms with Crippen molar-refractivity contribution in [1.29, 1.82) is 0 Å². The maximum Gasteiger partial charge on any atom is 0.313 e. The maximum atomic E-state index is 10.7. The van der Waals surface area contributed by atoms with Crippen LogP contribution in [-0.4, -0.2) is 36.4 Å². The fourth-order valence-electron chi connectivity index (χ4n) is 1.92. The number of hydrogen-bond acceptors (Lipinski definition) is 5. The van der Waals surface area contributed by atoms with Gasteiger partial charge < -0.3 is 5.11 Å². The number of para-hydroxylation sites is 2. The lowest BCUT2D eigenvalue weighted by atomic mass is 10.3. The van der Waals surface area contributed by atoms with Crippen LogP contribution < -0.4 is 0 Å².